The molecule has 2 rings (SSSR count). The van der Waals surface area contributed by atoms with Crippen molar-refractivity contribution in [2.45, 2.75) is 13.0 Å². The van der Waals surface area contributed by atoms with Gasteiger partial charge in [0.05, 0.1) is 6.33 Å². The van der Waals surface area contributed by atoms with Gasteiger partial charge in [-0.3, -0.25) is 4.68 Å². The molecule has 0 fully saturated rings. The Morgan fingerprint density at radius 3 is 2.76 bits per heavy atom. The Bertz CT molecular complexity index is 607. The second-order valence-electron chi connectivity index (χ2n) is 3.55. The van der Waals surface area contributed by atoms with Gasteiger partial charge in [0.1, 0.15) is 12.1 Å². The molecule has 2 aromatic heterocycles. The van der Waals surface area contributed by atoms with E-state index in [9.17, 15) is 0 Å². The van der Waals surface area contributed by atoms with Crippen molar-refractivity contribution in [3.63, 3.8) is 0 Å². The molecule has 0 saturated heterocycles. The van der Waals surface area contributed by atoms with E-state index in [0.29, 0.717) is 12.2 Å². The number of hydrogen-bond acceptors (Lipinski definition) is 4. The fourth-order valence-electron chi connectivity index (χ4n) is 1.63. The van der Waals surface area contributed by atoms with Crippen LogP contribution in [0.1, 0.15) is 17.1 Å². The van der Waals surface area contributed by atoms with Gasteiger partial charge in [0.15, 0.2) is 11.4 Å². The molecule has 6 nitrogen and oxygen atoms in total. The number of hydrogen-bond donors (Lipinski definition) is 0. The van der Waals surface area contributed by atoms with E-state index >= 15 is 0 Å². The van der Waals surface area contributed by atoms with Gasteiger partial charge >= 0.3 is 0 Å². The summed E-state index contributed by atoms with van der Waals surface area (Å²) in [5.74, 6) is 0. The van der Waals surface area contributed by atoms with E-state index < -0.39 is 0 Å². The van der Waals surface area contributed by atoms with Gasteiger partial charge < -0.3 is 4.57 Å². The van der Waals surface area contributed by atoms with Gasteiger partial charge in [0.2, 0.25) is 0 Å². The first kappa shape index (κ1) is 10.9. The van der Waals surface area contributed by atoms with E-state index in [1.54, 1.807) is 15.4 Å². The van der Waals surface area contributed by atoms with Crippen LogP contribution in [0, 0.1) is 22.7 Å². The minimum atomic E-state index is 0.178. The van der Waals surface area contributed by atoms with Crippen molar-refractivity contribution in [2.24, 2.45) is 7.05 Å². The zero-order chi connectivity index (χ0) is 12.3. The van der Waals surface area contributed by atoms with Crippen LogP contribution in [0.2, 0.25) is 0 Å². The summed E-state index contributed by atoms with van der Waals surface area (Å²) in [5, 5.41) is 21.8. The molecule has 0 aliphatic heterocycles. The van der Waals surface area contributed by atoms with Gasteiger partial charge in [-0.2, -0.15) is 15.6 Å². The molecule has 0 radical (unpaired) electrons. The highest BCUT2D eigenvalue weighted by Gasteiger charge is 2.10. The lowest BCUT2D eigenvalue weighted by molar-refractivity contribution is 0.632. The van der Waals surface area contributed by atoms with E-state index in [4.69, 9.17) is 10.5 Å². The maximum absolute atomic E-state index is 8.95. The smallest absolute Gasteiger partial charge is 0.176 e. The van der Waals surface area contributed by atoms with Crippen LogP contribution in [0.15, 0.2) is 18.6 Å². The Balaban J connectivity index is 2.16. The third kappa shape index (κ3) is 2.01. The predicted octanol–water partition coefficient (Wildman–Crippen LogP) is 0.603. The minimum absolute atomic E-state index is 0.178. The Morgan fingerprint density at radius 2 is 2.18 bits per heavy atom. The molecule has 0 atom stereocenters. The molecule has 0 saturated carbocycles. The number of nitrogens with zero attached hydrogens (tertiary/aromatic N) is 6. The zero-order valence-electron chi connectivity index (χ0n) is 9.33. The third-order valence-corrected chi connectivity index (χ3v) is 2.58. The molecule has 0 amide bonds. The molecule has 0 aromatic carbocycles. The van der Waals surface area contributed by atoms with E-state index in [2.05, 4.69) is 10.1 Å². The Kier molecular flexibility index (Phi) is 2.89. The van der Waals surface area contributed by atoms with Crippen LogP contribution >= 0.6 is 0 Å². The maximum Gasteiger partial charge on any atom is 0.176 e. The number of rotatable bonds is 3. The number of nitriles is 2. The van der Waals surface area contributed by atoms with Crippen LogP contribution < -0.4 is 0 Å². The van der Waals surface area contributed by atoms with Crippen molar-refractivity contribution < 1.29 is 0 Å². The minimum Gasteiger partial charge on any atom is -0.321 e. The Labute approximate surface area is 98.3 Å². The monoisotopic (exact) mass is 226 g/mol. The van der Waals surface area contributed by atoms with Crippen molar-refractivity contribution in [1.29, 1.82) is 10.5 Å². The SMILES string of the molecule is Cn1nccc1CCn1cnc(C#N)c1C#N. The first-order valence-corrected chi connectivity index (χ1v) is 5.08. The fraction of sp³-hybridized carbons (Fsp3) is 0.273. The average Bonchev–Trinajstić information content (AvgIpc) is 2.92. The lowest BCUT2D eigenvalue weighted by Crippen LogP contribution is -2.06. The standard InChI is InChI=1S/C11H10N6/c1-16-9(2-4-15-16)3-5-17-8-14-10(6-12)11(17)7-13/h2,4,8H,3,5H2,1H3. The van der Waals surface area contributed by atoms with Crippen LogP contribution in [-0.4, -0.2) is 19.3 Å². The molecule has 0 aliphatic carbocycles. The average molecular weight is 226 g/mol. The summed E-state index contributed by atoms with van der Waals surface area (Å²) in [6, 6.07) is 5.82. The second kappa shape index (κ2) is 4.50. The largest absolute Gasteiger partial charge is 0.321 e. The van der Waals surface area contributed by atoms with Crippen LogP contribution in [0.3, 0.4) is 0 Å². The Hall–Kier alpha value is -2.60. The van der Waals surface area contributed by atoms with Crippen molar-refractivity contribution in [3.8, 4) is 12.1 Å². The summed E-state index contributed by atoms with van der Waals surface area (Å²) in [6.45, 7) is 0.608. The van der Waals surface area contributed by atoms with Gasteiger partial charge in [0.25, 0.3) is 0 Å². The topological polar surface area (TPSA) is 83.2 Å². The highest BCUT2D eigenvalue weighted by atomic mass is 15.3. The lowest BCUT2D eigenvalue weighted by atomic mass is 10.3. The van der Waals surface area contributed by atoms with E-state index in [0.717, 1.165) is 12.1 Å². The first-order chi connectivity index (χ1) is 8.26. The molecule has 0 aliphatic rings. The van der Waals surface area contributed by atoms with Crippen LogP contribution in [0.25, 0.3) is 0 Å². The Morgan fingerprint density at radius 1 is 1.35 bits per heavy atom. The maximum atomic E-state index is 8.95. The third-order valence-electron chi connectivity index (χ3n) is 2.58. The highest BCUT2D eigenvalue weighted by molar-refractivity contribution is 5.36. The van der Waals surface area contributed by atoms with Crippen LogP contribution in [0.4, 0.5) is 0 Å². The van der Waals surface area contributed by atoms with Gasteiger partial charge in [-0.25, -0.2) is 4.98 Å². The van der Waals surface area contributed by atoms with Crippen molar-refractivity contribution in [1.82, 2.24) is 19.3 Å². The summed E-state index contributed by atoms with van der Waals surface area (Å²) in [4.78, 5) is 3.88. The normalized spacial score (nSPS) is 9.82. The number of imidazole rings is 1. The summed E-state index contributed by atoms with van der Waals surface area (Å²) in [5.41, 5.74) is 1.56. The summed E-state index contributed by atoms with van der Waals surface area (Å²) in [7, 11) is 1.87. The van der Waals surface area contributed by atoms with Crippen molar-refractivity contribution in [3.05, 3.63) is 35.7 Å². The molecule has 17 heavy (non-hydrogen) atoms. The molecule has 6 heteroatoms. The molecule has 2 aromatic rings. The highest BCUT2D eigenvalue weighted by Crippen LogP contribution is 2.07. The molecular formula is C11H10N6. The molecule has 0 unspecified atom stereocenters. The quantitative estimate of drug-likeness (QED) is 0.767. The molecular weight excluding hydrogens is 216 g/mol. The summed E-state index contributed by atoms with van der Waals surface area (Å²) < 4.78 is 3.47. The molecule has 0 spiro atoms. The first-order valence-electron chi connectivity index (χ1n) is 5.08. The lowest BCUT2D eigenvalue weighted by Gasteiger charge is -2.04. The van der Waals surface area contributed by atoms with Crippen molar-refractivity contribution >= 4 is 0 Å². The number of aryl methyl sites for hydroxylation is 3. The zero-order valence-corrected chi connectivity index (χ0v) is 9.33. The summed E-state index contributed by atoms with van der Waals surface area (Å²) >= 11 is 0. The van der Waals surface area contributed by atoms with Gasteiger partial charge in [-0.15, -0.1) is 0 Å². The van der Waals surface area contributed by atoms with Gasteiger partial charge in [0, 0.05) is 31.9 Å². The van der Waals surface area contributed by atoms with E-state index in [1.165, 1.54) is 6.33 Å². The predicted molar refractivity (Wildman–Crippen MR) is 58.6 cm³/mol. The van der Waals surface area contributed by atoms with Crippen LogP contribution in [0.5, 0.6) is 0 Å². The summed E-state index contributed by atoms with van der Waals surface area (Å²) in [6.07, 6.45) is 4.00. The van der Waals surface area contributed by atoms with Gasteiger partial charge in [-0.1, -0.05) is 0 Å². The van der Waals surface area contributed by atoms with E-state index in [-0.39, 0.29) is 5.69 Å². The second-order valence-corrected chi connectivity index (χ2v) is 3.55. The fourth-order valence-corrected chi connectivity index (χ4v) is 1.63. The molecule has 0 N–H and O–H groups in total. The molecule has 84 valence electrons. The molecule has 0 bridgehead atoms. The number of aromatic nitrogens is 4. The van der Waals surface area contributed by atoms with Gasteiger partial charge in [-0.05, 0) is 6.07 Å². The molecule has 2 heterocycles. The van der Waals surface area contributed by atoms with Crippen molar-refractivity contribution in [2.75, 3.05) is 0 Å². The van der Waals surface area contributed by atoms with E-state index in [1.807, 2.05) is 25.3 Å². The van der Waals surface area contributed by atoms with Crippen LogP contribution in [-0.2, 0) is 20.0 Å².